The number of benzene rings is 2. The van der Waals surface area contributed by atoms with Crippen molar-refractivity contribution in [3.63, 3.8) is 0 Å². The smallest absolute Gasteiger partial charge is 0.123 e. The van der Waals surface area contributed by atoms with Crippen molar-refractivity contribution in [3.05, 3.63) is 65.2 Å². The van der Waals surface area contributed by atoms with E-state index in [2.05, 4.69) is 46.6 Å². The van der Waals surface area contributed by atoms with Crippen LogP contribution >= 0.6 is 0 Å². The first-order valence-electron chi connectivity index (χ1n) is 10.7. The first kappa shape index (κ1) is 19.4. The van der Waals surface area contributed by atoms with E-state index in [0.717, 1.165) is 43.8 Å². The number of β-amino-alcohol motifs (C(OH)–C–C–N with tert-alkyl or cyclic N) is 1. The number of hydrogen-bond acceptors (Lipinski definition) is 4. The van der Waals surface area contributed by atoms with Gasteiger partial charge in [-0.25, -0.2) is 0 Å². The maximum Gasteiger partial charge on any atom is 0.123 e. The van der Waals surface area contributed by atoms with E-state index in [1.807, 2.05) is 12.1 Å². The van der Waals surface area contributed by atoms with E-state index in [1.54, 1.807) is 0 Å². The number of likely N-dealkylation sites (tertiary alicyclic amines) is 1. The predicted octanol–water partition coefficient (Wildman–Crippen LogP) is 3.17. The molecular formula is C24H32N2O2. The summed E-state index contributed by atoms with van der Waals surface area (Å²) >= 11 is 0. The van der Waals surface area contributed by atoms with Crippen molar-refractivity contribution in [1.82, 2.24) is 10.2 Å². The molecule has 1 aliphatic carbocycles. The minimum Gasteiger partial charge on any atom is -0.491 e. The van der Waals surface area contributed by atoms with E-state index in [0.29, 0.717) is 19.2 Å². The lowest BCUT2D eigenvalue weighted by Gasteiger charge is -2.28. The highest BCUT2D eigenvalue weighted by Gasteiger charge is 2.21. The van der Waals surface area contributed by atoms with Crippen LogP contribution in [0.15, 0.2) is 48.5 Å². The molecule has 1 unspecified atom stereocenters. The Morgan fingerprint density at radius 2 is 1.64 bits per heavy atom. The van der Waals surface area contributed by atoms with Crippen LogP contribution in [0.3, 0.4) is 0 Å². The lowest BCUT2D eigenvalue weighted by molar-refractivity contribution is 0.0614. The molecule has 1 fully saturated rings. The number of rotatable bonds is 8. The maximum atomic E-state index is 10.4. The van der Waals surface area contributed by atoms with Crippen molar-refractivity contribution in [1.29, 1.82) is 0 Å². The summed E-state index contributed by atoms with van der Waals surface area (Å²) in [5.74, 6) is 0.878. The van der Waals surface area contributed by atoms with Crippen molar-refractivity contribution in [2.75, 3.05) is 26.2 Å². The molecule has 150 valence electrons. The number of nitrogens with zero attached hydrogens (tertiary/aromatic N) is 1. The molecule has 1 heterocycles. The summed E-state index contributed by atoms with van der Waals surface area (Å²) in [6.45, 7) is 4.04. The van der Waals surface area contributed by atoms with E-state index < -0.39 is 6.10 Å². The van der Waals surface area contributed by atoms with E-state index >= 15 is 0 Å². The topological polar surface area (TPSA) is 44.7 Å². The van der Waals surface area contributed by atoms with Crippen molar-refractivity contribution in [2.24, 2.45) is 0 Å². The van der Waals surface area contributed by atoms with Crippen molar-refractivity contribution in [2.45, 2.75) is 50.8 Å². The van der Waals surface area contributed by atoms with E-state index in [-0.39, 0.29) is 0 Å². The molecule has 0 amide bonds. The largest absolute Gasteiger partial charge is 0.491 e. The molecular weight excluding hydrogens is 348 g/mol. The number of aliphatic hydroxyl groups is 1. The van der Waals surface area contributed by atoms with Gasteiger partial charge in [0.25, 0.3) is 0 Å². The molecule has 4 rings (SSSR count). The Morgan fingerprint density at radius 1 is 0.964 bits per heavy atom. The zero-order valence-corrected chi connectivity index (χ0v) is 16.6. The molecule has 2 aromatic carbocycles. The lowest BCUT2D eigenvalue weighted by Crippen LogP contribution is -2.38. The highest BCUT2D eigenvalue weighted by Crippen LogP contribution is 2.23. The molecule has 4 nitrogen and oxygen atoms in total. The summed E-state index contributed by atoms with van der Waals surface area (Å²) < 4.78 is 6.00. The highest BCUT2D eigenvalue weighted by atomic mass is 16.5. The summed E-state index contributed by atoms with van der Waals surface area (Å²) in [6.07, 6.45) is 5.54. The van der Waals surface area contributed by atoms with Crippen molar-refractivity contribution in [3.8, 4) is 5.75 Å². The molecule has 0 saturated carbocycles. The lowest BCUT2D eigenvalue weighted by atomic mass is 10.1. The summed E-state index contributed by atoms with van der Waals surface area (Å²) in [4.78, 5) is 2.35. The van der Waals surface area contributed by atoms with Gasteiger partial charge in [-0.1, -0.05) is 48.9 Å². The normalized spacial score (nSPS) is 18.8. The molecule has 2 aliphatic rings. The van der Waals surface area contributed by atoms with Gasteiger partial charge in [-0.3, -0.25) is 0 Å². The Hall–Kier alpha value is -1.88. The Labute approximate surface area is 168 Å². The molecule has 0 aromatic heterocycles. The van der Waals surface area contributed by atoms with Gasteiger partial charge in [-0.2, -0.15) is 0 Å². The zero-order chi connectivity index (χ0) is 19.2. The van der Waals surface area contributed by atoms with Gasteiger partial charge < -0.3 is 20.1 Å². The van der Waals surface area contributed by atoms with Gasteiger partial charge >= 0.3 is 0 Å². The second-order valence-corrected chi connectivity index (χ2v) is 8.19. The zero-order valence-electron chi connectivity index (χ0n) is 16.6. The van der Waals surface area contributed by atoms with E-state index in [9.17, 15) is 5.11 Å². The number of fused-ring (bicyclic) bond motifs is 1. The molecule has 0 bridgehead atoms. The quantitative estimate of drug-likeness (QED) is 0.738. The van der Waals surface area contributed by atoms with Crippen molar-refractivity contribution < 1.29 is 9.84 Å². The maximum absolute atomic E-state index is 10.4. The van der Waals surface area contributed by atoms with E-state index in [4.69, 9.17) is 4.74 Å². The second-order valence-electron chi connectivity index (χ2n) is 8.19. The number of nitrogens with one attached hydrogen (secondary N) is 1. The molecule has 0 spiro atoms. The van der Waals surface area contributed by atoms with Gasteiger partial charge in [0.05, 0.1) is 0 Å². The minimum atomic E-state index is -0.441. The standard InChI is InChI=1S/C24H32N2O2/c27-23(17-26-12-6-1-7-13-26)18-28-24-11-5-4-10-21(24)16-25-22-14-19-8-2-3-9-20(19)15-22/h2-5,8-11,22-23,25,27H,1,6-7,12-18H2. The average molecular weight is 381 g/mol. The SMILES string of the molecule is OC(COc1ccccc1CNC1Cc2ccccc2C1)CN1CCCCC1. The van der Waals surface area contributed by atoms with E-state index in [1.165, 1.54) is 30.4 Å². The summed E-state index contributed by atoms with van der Waals surface area (Å²) in [5, 5.41) is 14.1. The molecule has 0 radical (unpaired) electrons. The summed E-state index contributed by atoms with van der Waals surface area (Å²) in [6, 6.07) is 17.4. The van der Waals surface area contributed by atoms with Gasteiger partial charge in [0.2, 0.25) is 0 Å². The van der Waals surface area contributed by atoms with Crippen LogP contribution in [0.5, 0.6) is 5.75 Å². The van der Waals surface area contributed by atoms with Crippen LogP contribution in [0.4, 0.5) is 0 Å². The number of piperidine rings is 1. The fraction of sp³-hybridized carbons (Fsp3) is 0.500. The monoisotopic (exact) mass is 380 g/mol. The number of hydrogen-bond donors (Lipinski definition) is 2. The van der Waals surface area contributed by atoms with Gasteiger partial charge in [-0.05, 0) is 56.0 Å². The van der Waals surface area contributed by atoms with Crippen LogP contribution in [0.25, 0.3) is 0 Å². The predicted molar refractivity (Wildman–Crippen MR) is 113 cm³/mol. The summed E-state index contributed by atoms with van der Waals surface area (Å²) in [7, 11) is 0. The van der Waals surface area contributed by atoms with Crippen LogP contribution in [0.1, 0.15) is 36.0 Å². The van der Waals surface area contributed by atoms with Crippen LogP contribution in [0.2, 0.25) is 0 Å². The first-order valence-corrected chi connectivity index (χ1v) is 10.7. The van der Waals surface area contributed by atoms with Gasteiger partial charge in [0.1, 0.15) is 18.5 Å². The fourth-order valence-electron chi connectivity index (χ4n) is 4.43. The Bertz CT molecular complexity index is 733. The molecule has 2 N–H and O–H groups in total. The van der Waals surface area contributed by atoms with Crippen molar-refractivity contribution >= 4 is 0 Å². The third-order valence-electron chi connectivity index (χ3n) is 5.95. The molecule has 2 aromatic rings. The Balaban J connectivity index is 1.26. The first-order chi connectivity index (χ1) is 13.8. The third kappa shape index (κ3) is 5.13. The van der Waals surface area contributed by atoms with Gasteiger partial charge in [0, 0.05) is 24.7 Å². The molecule has 4 heteroatoms. The fourth-order valence-corrected chi connectivity index (χ4v) is 4.43. The van der Waals surface area contributed by atoms with Gasteiger partial charge in [0.15, 0.2) is 0 Å². The van der Waals surface area contributed by atoms with Crippen LogP contribution in [-0.4, -0.2) is 48.4 Å². The summed E-state index contributed by atoms with van der Waals surface area (Å²) in [5.41, 5.74) is 4.08. The van der Waals surface area contributed by atoms with Crippen LogP contribution in [0, 0.1) is 0 Å². The molecule has 1 atom stereocenters. The number of aliphatic hydroxyl groups excluding tert-OH is 1. The molecule has 28 heavy (non-hydrogen) atoms. The average Bonchev–Trinajstić information content (AvgIpc) is 3.15. The number of ether oxygens (including phenoxy) is 1. The molecule has 1 saturated heterocycles. The molecule has 1 aliphatic heterocycles. The Kier molecular flexibility index (Phi) is 6.63. The minimum absolute atomic E-state index is 0.350. The number of para-hydroxylation sites is 1. The van der Waals surface area contributed by atoms with Crippen LogP contribution in [-0.2, 0) is 19.4 Å². The van der Waals surface area contributed by atoms with Crippen LogP contribution < -0.4 is 10.1 Å². The second kappa shape index (κ2) is 9.55. The van der Waals surface area contributed by atoms with Gasteiger partial charge in [-0.15, -0.1) is 0 Å². The highest BCUT2D eigenvalue weighted by molar-refractivity contribution is 5.35. The Morgan fingerprint density at radius 3 is 2.39 bits per heavy atom. The third-order valence-corrected chi connectivity index (χ3v) is 5.95.